The second-order valence-corrected chi connectivity index (χ2v) is 6.16. The van der Waals surface area contributed by atoms with E-state index in [0.29, 0.717) is 17.4 Å². The highest BCUT2D eigenvalue weighted by Gasteiger charge is 2.25. The number of carbonyl (C=O) groups is 2. The van der Waals surface area contributed by atoms with Crippen molar-refractivity contribution >= 4 is 11.9 Å². The van der Waals surface area contributed by atoms with Crippen LogP contribution in [-0.4, -0.2) is 66.5 Å². The molecular weight excluding hydrogens is 274 g/mol. The van der Waals surface area contributed by atoms with Crippen LogP contribution in [0, 0.1) is 0 Å². The molecule has 0 fully saturated rings. The number of aliphatic carboxylic acids is 1. The van der Waals surface area contributed by atoms with Gasteiger partial charge in [-0.1, -0.05) is 19.1 Å². The fraction of sp³-hybridized carbons (Fsp3) is 0.733. The first-order valence-electron chi connectivity index (χ1n) is 7.18. The fourth-order valence-electron chi connectivity index (χ4n) is 1.88. The Balaban J connectivity index is 4.38. The first-order valence-corrected chi connectivity index (χ1v) is 7.18. The Morgan fingerprint density at radius 1 is 1.19 bits per heavy atom. The van der Waals surface area contributed by atoms with E-state index in [1.165, 1.54) is 0 Å². The van der Waals surface area contributed by atoms with E-state index >= 15 is 0 Å². The van der Waals surface area contributed by atoms with Crippen molar-refractivity contribution in [2.45, 2.75) is 44.8 Å². The van der Waals surface area contributed by atoms with Gasteiger partial charge in [-0.25, -0.2) is 0 Å². The number of carboxylic acids is 1. The molecule has 0 radical (unpaired) electrons. The molecule has 0 aliphatic carbocycles. The molecule has 0 aliphatic rings. The van der Waals surface area contributed by atoms with Gasteiger partial charge in [-0.2, -0.15) is 0 Å². The lowest BCUT2D eigenvalue weighted by Gasteiger charge is -2.28. The number of aliphatic hydroxyl groups excluding tert-OH is 1. The summed E-state index contributed by atoms with van der Waals surface area (Å²) in [6, 6.07) is 0. The van der Waals surface area contributed by atoms with Crippen LogP contribution in [0.4, 0.5) is 0 Å². The maximum Gasteiger partial charge on any atom is 0.308 e. The first-order chi connectivity index (χ1) is 9.64. The van der Waals surface area contributed by atoms with Crippen LogP contribution in [-0.2, 0) is 14.3 Å². The van der Waals surface area contributed by atoms with Crippen molar-refractivity contribution < 1.29 is 29.0 Å². The molecule has 0 aliphatic heterocycles. The molecule has 6 heteroatoms. The van der Waals surface area contributed by atoms with E-state index in [2.05, 4.69) is 0 Å². The molecule has 122 valence electrons. The maximum atomic E-state index is 11.8. The van der Waals surface area contributed by atoms with Crippen LogP contribution in [0.5, 0.6) is 0 Å². The van der Waals surface area contributed by atoms with E-state index in [4.69, 9.17) is 9.84 Å². The quantitative estimate of drug-likeness (QED) is 0.360. The summed E-state index contributed by atoms with van der Waals surface area (Å²) < 4.78 is 5.69. The maximum absolute atomic E-state index is 11.8. The monoisotopic (exact) mass is 302 g/mol. The molecule has 2 N–H and O–H groups in total. The average Bonchev–Trinajstić information content (AvgIpc) is 2.25. The molecule has 0 aromatic rings. The van der Waals surface area contributed by atoms with Gasteiger partial charge in [0.25, 0.3) is 0 Å². The van der Waals surface area contributed by atoms with Crippen LogP contribution in [0.15, 0.2) is 12.2 Å². The minimum Gasteiger partial charge on any atom is -0.481 e. The van der Waals surface area contributed by atoms with Crippen LogP contribution in [0.1, 0.15) is 32.6 Å². The number of carbonyl (C=O) groups excluding carboxylic acids is 1. The predicted octanol–water partition coefficient (Wildman–Crippen LogP) is 1.19. The summed E-state index contributed by atoms with van der Waals surface area (Å²) in [7, 11) is 5.69. The number of esters is 1. The lowest BCUT2D eigenvalue weighted by atomic mass is 10.1. The van der Waals surface area contributed by atoms with E-state index in [1.54, 1.807) is 0 Å². The number of aliphatic hydroxyl groups is 1. The van der Waals surface area contributed by atoms with E-state index in [-0.39, 0.29) is 12.8 Å². The topological polar surface area (TPSA) is 83.8 Å². The summed E-state index contributed by atoms with van der Waals surface area (Å²) in [4.78, 5) is 22.6. The fourth-order valence-corrected chi connectivity index (χ4v) is 1.88. The molecule has 0 saturated heterocycles. The zero-order chi connectivity index (χ0) is 16.5. The molecule has 0 aromatic carbocycles. The van der Waals surface area contributed by atoms with E-state index < -0.39 is 24.1 Å². The van der Waals surface area contributed by atoms with Gasteiger partial charge < -0.3 is 19.4 Å². The summed E-state index contributed by atoms with van der Waals surface area (Å²) >= 11 is 0. The van der Waals surface area contributed by atoms with Crippen molar-refractivity contribution in [1.82, 2.24) is 0 Å². The molecule has 0 aromatic heterocycles. The number of likely N-dealkylation sites (N-methyl/N-ethyl adjacent to an activating group) is 1. The third kappa shape index (κ3) is 12.1. The van der Waals surface area contributed by atoms with Gasteiger partial charge in [0.1, 0.15) is 6.54 Å². The second-order valence-electron chi connectivity index (χ2n) is 6.16. The van der Waals surface area contributed by atoms with E-state index in [9.17, 15) is 14.7 Å². The summed E-state index contributed by atoms with van der Waals surface area (Å²) in [5, 5.41) is 18.6. The molecule has 0 bridgehead atoms. The van der Waals surface area contributed by atoms with E-state index in [1.807, 2.05) is 40.2 Å². The van der Waals surface area contributed by atoms with Crippen LogP contribution in [0.2, 0.25) is 0 Å². The standard InChI is InChI=1S/C15H27NO5/c1-5-6-7-8-12(17)9-15(20)21-13(10-14(18)19)11-16(2,3)4/h6-7,12-13,17H,5,8-11H2,1-4H3/p+1/b7-6-. The molecule has 0 heterocycles. The van der Waals surface area contributed by atoms with Crippen molar-refractivity contribution in [3.63, 3.8) is 0 Å². The zero-order valence-electron chi connectivity index (χ0n) is 13.4. The number of allylic oxidation sites excluding steroid dienone is 1. The summed E-state index contributed by atoms with van der Waals surface area (Å²) in [6.45, 7) is 2.39. The zero-order valence-corrected chi connectivity index (χ0v) is 13.4. The molecule has 0 rings (SSSR count). The van der Waals surface area contributed by atoms with Gasteiger partial charge >= 0.3 is 11.9 Å². The van der Waals surface area contributed by atoms with Crippen LogP contribution >= 0.6 is 0 Å². The van der Waals surface area contributed by atoms with Gasteiger partial charge in [0, 0.05) is 0 Å². The predicted molar refractivity (Wildman–Crippen MR) is 79.7 cm³/mol. The van der Waals surface area contributed by atoms with Crippen molar-refractivity contribution in [3.8, 4) is 0 Å². The Kier molecular flexibility index (Phi) is 8.89. The largest absolute Gasteiger partial charge is 0.481 e. The Bertz CT molecular complexity index is 360. The number of rotatable bonds is 10. The Morgan fingerprint density at radius 3 is 2.29 bits per heavy atom. The van der Waals surface area contributed by atoms with Gasteiger partial charge in [0.05, 0.1) is 40.1 Å². The highest BCUT2D eigenvalue weighted by molar-refractivity contribution is 5.72. The van der Waals surface area contributed by atoms with Crippen LogP contribution in [0.25, 0.3) is 0 Å². The van der Waals surface area contributed by atoms with Gasteiger partial charge in [-0.15, -0.1) is 0 Å². The van der Waals surface area contributed by atoms with Crippen LogP contribution in [0.3, 0.4) is 0 Å². The molecule has 2 atom stereocenters. The molecule has 2 unspecified atom stereocenters. The van der Waals surface area contributed by atoms with E-state index in [0.717, 1.165) is 6.42 Å². The lowest BCUT2D eigenvalue weighted by molar-refractivity contribution is -0.873. The Labute approximate surface area is 126 Å². The van der Waals surface area contributed by atoms with Gasteiger partial charge in [0.2, 0.25) is 0 Å². The van der Waals surface area contributed by atoms with Crippen LogP contribution < -0.4 is 0 Å². The van der Waals surface area contributed by atoms with Crippen molar-refractivity contribution in [2.75, 3.05) is 27.7 Å². The third-order valence-corrected chi connectivity index (χ3v) is 2.66. The molecule has 0 spiro atoms. The highest BCUT2D eigenvalue weighted by atomic mass is 16.5. The molecule has 0 amide bonds. The van der Waals surface area contributed by atoms with Gasteiger partial charge in [0.15, 0.2) is 6.10 Å². The van der Waals surface area contributed by atoms with Crippen molar-refractivity contribution in [1.29, 1.82) is 0 Å². The number of nitrogens with zero attached hydrogens (tertiary/aromatic N) is 1. The first kappa shape index (κ1) is 19.6. The second kappa shape index (κ2) is 9.52. The number of ether oxygens (including phenoxy) is 1. The Morgan fingerprint density at radius 2 is 1.81 bits per heavy atom. The minimum absolute atomic E-state index is 0.124. The number of hydrogen-bond acceptors (Lipinski definition) is 4. The number of carboxylic acid groups (broad SMARTS) is 1. The summed E-state index contributed by atoms with van der Waals surface area (Å²) in [5.41, 5.74) is 0. The van der Waals surface area contributed by atoms with Gasteiger partial charge in [-0.3, -0.25) is 9.59 Å². The average molecular weight is 302 g/mol. The lowest BCUT2D eigenvalue weighted by Crippen LogP contribution is -2.44. The minimum atomic E-state index is -1.01. The number of quaternary nitrogens is 1. The third-order valence-electron chi connectivity index (χ3n) is 2.66. The van der Waals surface area contributed by atoms with Crippen molar-refractivity contribution in [2.24, 2.45) is 0 Å². The highest BCUT2D eigenvalue weighted by Crippen LogP contribution is 2.09. The van der Waals surface area contributed by atoms with Gasteiger partial charge in [-0.05, 0) is 12.8 Å². The molecule has 0 saturated carbocycles. The smallest absolute Gasteiger partial charge is 0.308 e. The summed E-state index contributed by atoms with van der Waals surface area (Å²) in [6.07, 6.45) is 3.16. The molecule has 6 nitrogen and oxygen atoms in total. The normalized spacial score (nSPS) is 14.9. The number of hydrogen-bond donors (Lipinski definition) is 2. The molecular formula is C15H28NO5+. The summed E-state index contributed by atoms with van der Waals surface area (Å²) in [5.74, 6) is -1.57. The Hall–Kier alpha value is -1.40. The molecule has 21 heavy (non-hydrogen) atoms. The SMILES string of the molecule is CC/C=C\CC(O)CC(=O)OC(CC(=O)O)C[N+](C)(C)C. The van der Waals surface area contributed by atoms with Crippen molar-refractivity contribution in [3.05, 3.63) is 12.2 Å².